The second kappa shape index (κ2) is 7.19. The normalized spacial score (nSPS) is 12.6. The van der Waals surface area contributed by atoms with Crippen LogP contribution in [0, 0.1) is 6.92 Å². The SMILES string of the molecule is Cc1ccccc1OCC(O)CN(C)Cc1ncnn1C. The number of aryl methyl sites for hydroxylation is 2. The second-order valence-corrected chi connectivity index (χ2v) is 5.23. The minimum Gasteiger partial charge on any atom is -0.491 e. The van der Waals surface area contributed by atoms with Crippen LogP contribution in [0.1, 0.15) is 11.4 Å². The Kier molecular flexibility index (Phi) is 5.30. The smallest absolute Gasteiger partial charge is 0.140 e. The average Bonchev–Trinajstić information content (AvgIpc) is 2.83. The molecule has 0 spiro atoms. The van der Waals surface area contributed by atoms with Gasteiger partial charge >= 0.3 is 0 Å². The average molecular weight is 290 g/mol. The molecule has 0 saturated heterocycles. The number of aromatic nitrogens is 3. The van der Waals surface area contributed by atoms with Crippen LogP contribution in [0.4, 0.5) is 0 Å². The summed E-state index contributed by atoms with van der Waals surface area (Å²) >= 11 is 0. The molecule has 2 aromatic rings. The van der Waals surface area contributed by atoms with Crippen molar-refractivity contribution in [2.45, 2.75) is 19.6 Å². The van der Waals surface area contributed by atoms with Gasteiger partial charge in [-0.15, -0.1) is 0 Å². The number of hydrogen-bond acceptors (Lipinski definition) is 5. The second-order valence-electron chi connectivity index (χ2n) is 5.23. The molecule has 114 valence electrons. The molecule has 0 fully saturated rings. The molecule has 1 heterocycles. The molecule has 6 nitrogen and oxygen atoms in total. The van der Waals surface area contributed by atoms with Gasteiger partial charge in [0.2, 0.25) is 0 Å². The molecular formula is C15H22N4O2. The van der Waals surface area contributed by atoms with Gasteiger partial charge in [-0.25, -0.2) is 4.98 Å². The summed E-state index contributed by atoms with van der Waals surface area (Å²) in [5.41, 5.74) is 1.07. The van der Waals surface area contributed by atoms with E-state index in [2.05, 4.69) is 10.1 Å². The summed E-state index contributed by atoms with van der Waals surface area (Å²) in [5, 5.41) is 14.1. The lowest BCUT2D eigenvalue weighted by Gasteiger charge is -2.20. The fourth-order valence-corrected chi connectivity index (χ4v) is 2.09. The molecule has 0 radical (unpaired) electrons. The number of nitrogens with zero attached hydrogens (tertiary/aromatic N) is 4. The Hall–Kier alpha value is -1.92. The first-order valence-corrected chi connectivity index (χ1v) is 6.94. The van der Waals surface area contributed by atoms with Crippen LogP contribution in [0.25, 0.3) is 0 Å². The highest BCUT2D eigenvalue weighted by atomic mass is 16.5. The Morgan fingerprint density at radius 2 is 2.14 bits per heavy atom. The van der Waals surface area contributed by atoms with E-state index in [1.807, 2.05) is 50.2 Å². The highest BCUT2D eigenvalue weighted by Crippen LogP contribution is 2.16. The van der Waals surface area contributed by atoms with E-state index in [0.717, 1.165) is 17.1 Å². The third-order valence-corrected chi connectivity index (χ3v) is 3.26. The largest absolute Gasteiger partial charge is 0.491 e. The summed E-state index contributed by atoms with van der Waals surface area (Å²) in [6.07, 6.45) is 0.976. The van der Waals surface area contributed by atoms with Crippen LogP contribution in [0.3, 0.4) is 0 Å². The van der Waals surface area contributed by atoms with Gasteiger partial charge in [0.05, 0.1) is 6.54 Å². The number of aliphatic hydroxyl groups is 1. The van der Waals surface area contributed by atoms with E-state index >= 15 is 0 Å². The number of para-hydroxylation sites is 1. The van der Waals surface area contributed by atoms with Crippen molar-refractivity contribution in [1.82, 2.24) is 19.7 Å². The van der Waals surface area contributed by atoms with Crippen molar-refractivity contribution in [3.63, 3.8) is 0 Å². The molecular weight excluding hydrogens is 268 g/mol. The number of rotatable bonds is 7. The Morgan fingerprint density at radius 1 is 1.38 bits per heavy atom. The first kappa shape index (κ1) is 15.5. The number of hydrogen-bond donors (Lipinski definition) is 1. The maximum Gasteiger partial charge on any atom is 0.140 e. The fraction of sp³-hybridized carbons (Fsp3) is 0.467. The summed E-state index contributed by atoms with van der Waals surface area (Å²) in [7, 11) is 3.79. The molecule has 0 saturated carbocycles. The zero-order chi connectivity index (χ0) is 15.2. The van der Waals surface area contributed by atoms with Gasteiger partial charge in [0.25, 0.3) is 0 Å². The van der Waals surface area contributed by atoms with Gasteiger partial charge in [-0.2, -0.15) is 5.10 Å². The maximum absolute atomic E-state index is 10.1. The molecule has 6 heteroatoms. The van der Waals surface area contributed by atoms with Crippen LogP contribution < -0.4 is 4.74 Å². The van der Waals surface area contributed by atoms with E-state index in [9.17, 15) is 5.11 Å². The van der Waals surface area contributed by atoms with Crippen LogP contribution in [0.5, 0.6) is 5.75 Å². The predicted octanol–water partition coefficient (Wildman–Crippen LogP) is 0.995. The first-order valence-electron chi connectivity index (χ1n) is 6.94. The molecule has 0 aliphatic rings. The van der Waals surface area contributed by atoms with E-state index in [1.165, 1.54) is 6.33 Å². The quantitative estimate of drug-likeness (QED) is 0.824. The number of aliphatic hydroxyl groups excluding tert-OH is 1. The molecule has 2 rings (SSSR count). The Bertz CT molecular complexity index is 570. The van der Waals surface area contributed by atoms with Crippen molar-refractivity contribution in [2.24, 2.45) is 7.05 Å². The third-order valence-electron chi connectivity index (χ3n) is 3.26. The molecule has 0 amide bonds. The Labute approximate surface area is 125 Å². The molecule has 1 aromatic heterocycles. The molecule has 21 heavy (non-hydrogen) atoms. The Morgan fingerprint density at radius 3 is 2.81 bits per heavy atom. The summed E-state index contributed by atoms with van der Waals surface area (Å²) in [6.45, 7) is 3.41. The van der Waals surface area contributed by atoms with Gasteiger partial charge < -0.3 is 9.84 Å². The summed E-state index contributed by atoms with van der Waals surface area (Å²) in [6, 6.07) is 7.79. The van der Waals surface area contributed by atoms with E-state index in [-0.39, 0.29) is 6.61 Å². The third kappa shape index (κ3) is 4.54. The van der Waals surface area contributed by atoms with E-state index < -0.39 is 6.10 Å². The van der Waals surface area contributed by atoms with Crippen molar-refractivity contribution in [2.75, 3.05) is 20.2 Å². The van der Waals surface area contributed by atoms with Gasteiger partial charge in [0.15, 0.2) is 0 Å². The van der Waals surface area contributed by atoms with Crippen molar-refractivity contribution in [3.8, 4) is 5.75 Å². The fourth-order valence-electron chi connectivity index (χ4n) is 2.09. The number of benzene rings is 1. The lowest BCUT2D eigenvalue weighted by molar-refractivity contribution is 0.0731. The molecule has 0 bridgehead atoms. The van der Waals surface area contributed by atoms with Crippen LogP contribution in [0.15, 0.2) is 30.6 Å². The summed E-state index contributed by atoms with van der Waals surface area (Å²) < 4.78 is 7.38. The standard InChI is InChI=1S/C15H22N4O2/c1-12-6-4-5-7-14(12)21-10-13(20)8-18(2)9-15-16-11-17-19(15)3/h4-7,11,13,20H,8-10H2,1-3H3. The van der Waals surface area contributed by atoms with Crippen molar-refractivity contribution < 1.29 is 9.84 Å². The predicted molar refractivity (Wildman–Crippen MR) is 80.0 cm³/mol. The minimum atomic E-state index is -0.553. The topological polar surface area (TPSA) is 63.4 Å². The molecule has 0 aliphatic heterocycles. The molecule has 1 aromatic carbocycles. The van der Waals surface area contributed by atoms with E-state index in [1.54, 1.807) is 4.68 Å². The van der Waals surface area contributed by atoms with Gasteiger partial charge in [-0.1, -0.05) is 18.2 Å². The first-order chi connectivity index (χ1) is 10.1. The van der Waals surface area contributed by atoms with Crippen molar-refractivity contribution in [3.05, 3.63) is 42.0 Å². The van der Waals surface area contributed by atoms with Gasteiger partial charge in [-0.3, -0.25) is 9.58 Å². The lowest BCUT2D eigenvalue weighted by atomic mass is 10.2. The van der Waals surface area contributed by atoms with E-state index in [4.69, 9.17) is 4.74 Å². The van der Waals surface area contributed by atoms with Crippen LogP contribution in [-0.2, 0) is 13.6 Å². The van der Waals surface area contributed by atoms with Crippen LogP contribution >= 0.6 is 0 Å². The highest BCUT2D eigenvalue weighted by Gasteiger charge is 2.12. The van der Waals surface area contributed by atoms with Gasteiger partial charge in [0, 0.05) is 13.6 Å². The van der Waals surface area contributed by atoms with Gasteiger partial charge in [0.1, 0.15) is 30.6 Å². The lowest BCUT2D eigenvalue weighted by Crippen LogP contribution is -2.33. The number of likely N-dealkylation sites (N-methyl/N-ethyl adjacent to an activating group) is 1. The van der Waals surface area contributed by atoms with E-state index in [0.29, 0.717) is 13.1 Å². The summed E-state index contributed by atoms with van der Waals surface area (Å²) in [5.74, 6) is 1.68. The molecule has 1 unspecified atom stereocenters. The maximum atomic E-state index is 10.1. The minimum absolute atomic E-state index is 0.272. The molecule has 1 N–H and O–H groups in total. The summed E-state index contributed by atoms with van der Waals surface area (Å²) in [4.78, 5) is 6.16. The number of ether oxygens (including phenoxy) is 1. The van der Waals surface area contributed by atoms with Crippen LogP contribution in [-0.4, -0.2) is 51.1 Å². The zero-order valence-electron chi connectivity index (χ0n) is 12.7. The van der Waals surface area contributed by atoms with Gasteiger partial charge in [-0.05, 0) is 25.6 Å². The molecule has 0 aliphatic carbocycles. The Balaban J connectivity index is 1.78. The van der Waals surface area contributed by atoms with Crippen molar-refractivity contribution in [1.29, 1.82) is 0 Å². The monoisotopic (exact) mass is 290 g/mol. The molecule has 1 atom stereocenters. The highest BCUT2D eigenvalue weighted by molar-refractivity contribution is 5.31. The van der Waals surface area contributed by atoms with Crippen molar-refractivity contribution >= 4 is 0 Å². The van der Waals surface area contributed by atoms with Crippen LogP contribution in [0.2, 0.25) is 0 Å². The zero-order valence-corrected chi connectivity index (χ0v) is 12.7.